The minimum Gasteiger partial charge on any atom is -0.457 e. The molecule has 0 saturated carbocycles. The van der Waals surface area contributed by atoms with Crippen LogP contribution < -0.4 is 0 Å². The van der Waals surface area contributed by atoms with E-state index in [4.69, 9.17) is 4.74 Å². The average molecular weight is 474 g/mol. The van der Waals surface area contributed by atoms with Crippen LogP contribution in [0.2, 0.25) is 0 Å². The molecule has 184 valence electrons. The number of esters is 1. The van der Waals surface area contributed by atoms with E-state index in [1.54, 1.807) is 11.3 Å². The summed E-state index contributed by atoms with van der Waals surface area (Å²) in [5.74, 6) is 0.649. The van der Waals surface area contributed by atoms with E-state index in [0.29, 0.717) is 25.2 Å². The predicted molar refractivity (Wildman–Crippen MR) is 138 cm³/mol. The predicted octanol–water partition coefficient (Wildman–Crippen LogP) is 7.86. The summed E-state index contributed by atoms with van der Waals surface area (Å²) in [4.78, 5) is 30.2. The van der Waals surface area contributed by atoms with E-state index in [-0.39, 0.29) is 24.3 Å². The van der Waals surface area contributed by atoms with Crippen molar-refractivity contribution in [2.24, 2.45) is 11.3 Å². The zero-order valence-electron chi connectivity index (χ0n) is 21.5. The normalized spacial score (nSPS) is 25.9. The summed E-state index contributed by atoms with van der Waals surface area (Å²) in [6.45, 7) is 12.3. The van der Waals surface area contributed by atoms with Gasteiger partial charge in [-0.25, -0.2) is 4.98 Å². The first-order chi connectivity index (χ1) is 15.6. The lowest BCUT2D eigenvalue weighted by Crippen LogP contribution is -2.27. The number of allylic oxidation sites excluding steroid dienone is 1. The molecule has 0 radical (unpaired) electrons. The van der Waals surface area contributed by atoms with Gasteiger partial charge in [0, 0.05) is 30.1 Å². The van der Waals surface area contributed by atoms with Crippen molar-refractivity contribution in [3.63, 3.8) is 0 Å². The number of ketones is 1. The fraction of sp³-hybridized carbons (Fsp3) is 0.679. The van der Waals surface area contributed by atoms with E-state index in [1.165, 1.54) is 18.4 Å². The van der Waals surface area contributed by atoms with Gasteiger partial charge in [-0.1, -0.05) is 51.7 Å². The fourth-order valence-corrected chi connectivity index (χ4v) is 5.04. The second-order valence-electron chi connectivity index (χ2n) is 10.3. The zero-order valence-corrected chi connectivity index (χ0v) is 22.4. The number of aryl methyl sites for hydroxylation is 1. The summed E-state index contributed by atoms with van der Waals surface area (Å²) in [5, 5.41) is 3.05. The Morgan fingerprint density at radius 2 is 1.97 bits per heavy atom. The van der Waals surface area contributed by atoms with E-state index in [0.717, 1.165) is 42.0 Å². The molecule has 0 saturated heterocycles. The van der Waals surface area contributed by atoms with Crippen molar-refractivity contribution in [1.82, 2.24) is 4.98 Å². The van der Waals surface area contributed by atoms with Crippen LogP contribution in [0.15, 0.2) is 22.6 Å². The Kier molecular flexibility index (Phi) is 11.0. The van der Waals surface area contributed by atoms with Gasteiger partial charge in [-0.05, 0) is 64.0 Å². The molecule has 5 heteroatoms. The Morgan fingerprint density at radius 3 is 2.64 bits per heavy atom. The molecule has 1 aromatic rings. The van der Waals surface area contributed by atoms with Crippen LogP contribution >= 0.6 is 11.3 Å². The standard InChI is InChI=1S/C28H43NO3S/c1-7-9-23-11-8-10-20(2)12-14-25(21(3)18-24-19-33-22(4)29-24)32-27(31)16-17-28(5,6)26(30)15-13-23/h12,18-19,23,25H,7-11,13-17H2,1-6H3/b20-12-,21-18+/t23?,25-/m0/s1. The van der Waals surface area contributed by atoms with Crippen molar-refractivity contribution < 1.29 is 14.3 Å². The molecule has 1 aliphatic rings. The minimum absolute atomic E-state index is 0.231. The van der Waals surface area contributed by atoms with Crippen molar-refractivity contribution in [2.75, 3.05) is 0 Å². The number of rotatable bonds is 4. The van der Waals surface area contributed by atoms with Crippen LogP contribution in [0.25, 0.3) is 6.08 Å². The molecule has 0 amide bonds. The average Bonchev–Trinajstić information content (AvgIpc) is 3.16. The third-order valence-corrected chi connectivity index (χ3v) is 7.64. The number of Topliss-reactive ketones (excluding diaryl/α,β-unsaturated/α-hetero) is 1. The molecule has 0 bridgehead atoms. The van der Waals surface area contributed by atoms with Crippen LogP contribution in [0.1, 0.15) is 110 Å². The molecule has 2 rings (SSSR count). The number of carbonyl (C=O) groups excluding carboxylic acids is 2. The number of hydrogen-bond donors (Lipinski definition) is 0. The van der Waals surface area contributed by atoms with Crippen molar-refractivity contribution in [3.05, 3.63) is 33.3 Å². The lowest BCUT2D eigenvalue weighted by atomic mass is 9.79. The van der Waals surface area contributed by atoms with Crippen molar-refractivity contribution in [3.8, 4) is 0 Å². The summed E-state index contributed by atoms with van der Waals surface area (Å²) in [5.41, 5.74) is 2.75. The third-order valence-electron chi connectivity index (χ3n) is 6.84. The highest BCUT2D eigenvalue weighted by molar-refractivity contribution is 7.09. The van der Waals surface area contributed by atoms with Crippen molar-refractivity contribution in [1.29, 1.82) is 0 Å². The highest BCUT2D eigenvalue weighted by Gasteiger charge is 2.29. The number of nitrogens with zero attached hydrogens (tertiary/aromatic N) is 1. The van der Waals surface area contributed by atoms with Gasteiger partial charge in [0.25, 0.3) is 0 Å². The van der Waals surface area contributed by atoms with Gasteiger partial charge in [-0.2, -0.15) is 0 Å². The Hall–Kier alpha value is -1.75. The summed E-state index contributed by atoms with van der Waals surface area (Å²) in [6, 6.07) is 0. The lowest BCUT2D eigenvalue weighted by molar-refractivity contribution is -0.148. The van der Waals surface area contributed by atoms with Crippen LogP contribution in [0.3, 0.4) is 0 Å². The Bertz CT molecular complexity index is 849. The largest absolute Gasteiger partial charge is 0.457 e. The quantitative estimate of drug-likeness (QED) is 0.330. The number of aromatic nitrogens is 1. The van der Waals surface area contributed by atoms with Crippen LogP contribution in [0.5, 0.6) is 0 Å². The second-order valence-corrected chi connectivity index (χ2v) is 11.4. The maximum atomic E-state index is 12.9. The van der Waals surface area contributed by atoms with Gasteiger partial charge in [0.2, 0.25) is 0 Å². The maximum Gasteiger partial charge on any atom is 0.306 e. The number of carbonyl (C=O) groups is 2. The van der Waals surface area contributed by atoms with E-state index in [9.17, 15) is 9.59 Å². The molecule has 1 aliphatic heterocycles. The van der Waals surface area contributed by atoms with Gasteiger partial charge in [0.15, 0.2) is 0 Å². The van der Waals surface area contributed by atoms with Crippen LogP contribution in [-0.2, 0) is 14.3 Å². The second kappa shape index (κ2) is 13.2. The first kappa shape index (κ1) is 27.5. The van der Waals surface area contributed by atoms with Gasteiger partial charge in [0.05, 0.1) is 10.7 Å². The van der Waals surface area contributed by atoms with E-state index < -0.39 is 5.41 Å². The highest BCUT2D eigenvalue weighted by atomic mass is 32.1. The lowest BCUT2D eigenvalue weighted by Gasteiger charge is -2.25. The fourth-order valence-electron chi connectivity index (χ4n) is 4.47. The number of thiazole rings is 1. The molecular formula is C28H43NO3S. The molecule has 4 nitrogen and oxygen atoms in total. The Labute approximate surface area is 204 Å². The molecule has 1 aromatic heterocycles. The van der Waals surface area contributed by atoms with Crippen LogP contribution in [0, 0.1) is 18.3 Å². The van der Waals surface area contributed by atoms with Gasteiger partial charge in [-0.15, -0.1) is 11.3 Å². The van der Waals surface area contributed by atoms with Crippen molar-refractivity contribution >= 4 is 29.2 Å². The van der Waals surface area contributed by atoms with Crippen LogP contribution in [-0.4, -0.2) is 22.8 Å². The summed E-state index contributed by atoms with van der Waals surface area (Å²) >= 11 is 1.62. The smallest absolute Gasteiger partial charge is 0.306 e. The molecule has 2 atom stereocenters. The first-order valence-electron chi connectivity index (χ1n) is 12.6. The molecule has 0 aliphatic carbocycles. The molecule has 2 heterocycles. The number of cyclic esters (lactones) is 1. The Balaban J connectivity index is 2.21. The molecule has 0 spiro atoms. The van der Waals surface area contributed by atoms with Gasteiger partial charge in [-0.3, -0.25) is 9.59 Å². The molecule has 0 fully saturated rings. The molecule has 0 N–H and O–H groups in total. The maximum absolute atomic E-state index is 12.9. The number of hydrogen-bond acceptors (Lipinski definition) is 5. The Morgan fingerprint density at radius 1 is 1.21 bits per heavy atom. The zero-order chi connectivity index (χ0) is 24.4. The minimum atomic E-state index is -0.498. The SMILES string of the molecule is CCCC1CCC/C(C)=C\C[C@@H](/C(C)=C/c2csc(C)n2)OC(=O)CCC(C)(C)C(=O)CC1. The highest BCUT2D eigenvalue weighted by Crippen LogP contribution is 2.30. The summed E-state index contributed by atoms with van der Waals surface area (Å²) in [6.07, 6.45) is 12.7. The topological polar surface area (TPSA) is 56.3 Å². The molecule has 33 heavy (non-hydrogen) atoms. The van der Waals surface area contributed by atoms with E-state index in [1.807, 2.05) is 39.2 Å². The summed E-state index contributed by atoms with van der Waals surface area (Å²) < 4.78 is 5.93. The van der Waals surface area contributed by atoms with E-state index >= 15 is 0 Å². The third kappa shape index (κ3) is 9.56. The van der Waals surface area contributed by atoms with Gasteiger partial charge < -0.3 is 4.74 Å². The number of ether oxygens (including phenoxy) is 1. The van der Waals surface area contributed by atoms with Gasteiger partial charge >= 0.3 is 5.97 Å². The van der Waals surface area contributed by atoms with Crippen molar-refractivity contribution in [2.45, 2.75) is 112 Å². The monoisotopic (exact) mass is 473 g/mol. The molecule has 1 unspecified atom stereocenters. The molecule has 0 aromatic carbocycles. The van der Waals surface area contributed by atoms with Gasteiger partial charge in [0.1, 0.15) is 11.9 Å². The molecular weight excluding hydrogens is 430 g/mol. The summed E-state index contributed by atoms with van der Waals surface area (Å²) in [7, 11) is 0. The van der Waals surface area contributed by atoms with E-state index in [2.05, 4.69) is 24.9 Å². The van der Waals surface area contributed by atoms with Crippen LogP contribution in [0.4, 0.5) is 0 Å². The first-order valence-corrected chi connectivity index (χ1v) is 13.5.